The molecule has 2 fully saturated rings. The maximum atomic E-state index is 13.0. The minimum absolute atomic E-state index is 0.136. The molecular formula is C16H23ClN4O5S. The van der Waals surface area contributed by atoms with E-state index in [2.05, 4.69) is 4.98 Å². The molecule has 0 radical (unpaired) electrons. The van der Waals surface area contributed by atoms with Crippen LogP contribution in [0.2, 0.25) is 5.02 Å². The van der Waals surface area contributed by atoms with Crippen molar-refractivity contribution >= 4 is 27.7 Å². The SMILES string of the molecule is O=C(NO)C1CCCCN1S(=O)(=O)N1CCC(Oc2ccc(Cl)cn2)CC1. The number of aromatic nitrogens is 1. The monoisotopic (exact) mass is 418 g/mol. The molecule has 27 heavy (non-hydrogen) atoms. The van der Waals surface area contributed by atoms with Crippen LogP contribution in [-0.4, -0.2) is 64.9 Å². The fourth-order valence-electron chi connectivity index (χ4n) is 3.45. The van der Waals surface area contributed by atoms with Crippen molar-refractivity contribution in [2.75, 3.05) is 19.6 Å². The van der Waals surface area contributed by atoms with E-state index >= 15 is 0 Å². The van der Waals surface area contributed by atoms with E-state index in [0.717, 1.165) is 6.42 Å². The molecule has 0 bridgehead atoms. The number of carbonyl (C=O) groups excluding carboxylic acids is 1. The average molecular weight is 419 g/mol. The quantitative estimate of drug-likeness (QED) is 0.548. The van der Waals surface area contributed by atoms with Gasteiger partial charge in [0.05, 0.1) is 5.02 Å². The van der Waals surface area contributed by atoms with Crippen LogP contribution in [0.1, 0.15) is 32.1 Å². The van der Waals surface area contributed by atoms with Crippen LogP contribution >= 0.6 is 11.6 Å². The van der Waals surface area contributed by atoms with Crippen LogP contribution in [0, 0.1) is 0 Å². The largest absolute Gasteiger partial charge is 0.474 e. The number of hydroxylamine groups is 1. The predicted molar refractivity (Wildman–Crippen MR) is 97.7 cm³/mol. The topological polar surface area (TPSA) is 112 Å². The van der Waals surface area contributed by atoms with Gasteiger partial charge in [0.2, 0.25) is 5.88 Å². The lowest BCUT2D eigenvalue weighted by Crippen LogP contribution is -2.57. The number of carbonyl (C=O) groups is 1. The smallest absolute Gasteiger partial charge is 0.282 e. The molecule has 1 amide bonds. The summed E-state index contributed by atoms with van der Waals surface area (Å²) < 4.78 is 34.4. The molecule has 150 valence electrons. The van der Waals surface area contributed by atoms with Crippen LogP contribution in [0.3, 0.4) is 0 Å². The first-order chi connectivity index (χ1) is 12.9. The molecule has 1 unspecified atom stereocenters. The van der Waals surface area contributed by atoms with E-state index in [1.54, 1.807) is 17.6 Å². The first kappa shape index (κ1) is 20.3. The van der Waals surface area contributed by atoms with Gasteiger partial charge in [-0.25, -0.2) is 10.5 Å². The van der Waals surface area contributed by atoms with Gasteiger partial charge in [-0.3, -0.25) is 10.0 Å². The molecule has 9 nitrogen and oxygen atoms in total. The molecule has 3 rings (SSSR count). The van der Waals surface area contributed by atoms with Gasteiger partial charge in [0, 0.05) is 31.9 Å². The van der Waals surface area contributed by atoms with Crippen molar-refractivity contribution in [2.24, 2.45) is 0 Å². The Bertz CT molecular complexity index is 753. The highest BCUT2D eigenvalue weighted by molar-refractivity contribution is 7.86. The van der Waals surface area contributed by atoms with E-state index in [1.807, 2.05) is 0 Å². The maximum Gasteiger partial charge on any atom is 0.282 e. The molecule has 3 heterocycles. The third-order valence-electron chi connectivity index (χ3n) is 4.88. The number of halogens is 1. The van der Waals surface area contributed by atoms with E-state index in [9.17, 15) is 13.2 Å². The molecule has 1 aromatic heterocycles. The summed E-state index contributed by atoms with van der Waals surface area (Å²) in [6, 6.07) is 2.49. The molecule has 11 heteroatoms. The second kappa shape index (κ2) is 8.70. The zero-order valence-corrected chi connectivity index (χ0v) is 16.3. The van der Waals surface area contributed by atoms with Gasteiger partial charge in [0.15, 0.2) is 0 Å². The Hall–Kier alpha value is -1.46. The summed E-state index contributed by atoms with van der Waals surface area (Å²) in [7, 11) is -3.79. The molecule has 2 aliphatic rings. The van der Waals surface area contributed by atoms with E-state index in [4.69, 9.17) is 21.5 Å². The lowest BCUT2D eigenvalue weighted by molar-refractivity contribution is -0.134. The van der Waals surface area contributed by atoms with Crippen molar-refractivity contribution in [3.63, 3.8) is 0 Å². The molecule has 0 spiro atoms. The van der Waals surface area contributed by atoms with Crippen molar-refractivity contribution in [3.8, 4) is 5.88 Å². The molecule has 1 aromatic rings. The third kappa shape index (κ3) is 4.69. The average Bonchev–Trinajstić information content (AvgIpc) is 2.69. The summed E-state index contributed by atoms with van der Waals surface area (Å²) >= 11 is 5.80. The van der Waals surface area contributed by atoms with Gasteiger partial charge in [-0.05, 0) is 31.7 Å². The van der Waals surface area contributed by atoms with Gasteiger partial charge in [0.1, 0.15) is 12.1 Å². The Morgan fingerprint density at radius 3 is 2.59 bits per heavy atom. The normalized spacial score (nSPS) is 23.1. The van der Waals surface area contributed by atoms with Gasteiger partial charge >= 0.3 is 0 Å². The maximum absolute atomic E-state index is 13.0. The Morgan fingerprint density at radius 1 is 1.22 bits per heavy atom. The van der Waals surface area contributed by atoms with Crippen molar-refractivity contribution < 1.29 is 23.2 Å². The van der Waals surface area contributed by atoms with Gasteiger partial charge in [0.25, 0.3) is 16.1 Å². The van der Waals surface area contributed by atoms with E-state index in [1.165, 1.54) is 14.8 Å². The summed E-state index contributed by atoms with van der Waals surface area (Å²) in [6.45, 7) is 0.862. The zero-order valence-electron chi connectivity index (χ0n) is 14.8. The first-order valence-corrected chi connectivity index (χ1v) is 10.7. The highest BCUT2D eigenvalue weighted by atomic mass is 35.5. The predicted octanol–water partition coefficient (Wildman–Crippen LogP) is 1.18. The fraction of sp³-hybridized carbons (Fsp3) is 0.625. The Balaban J connectivity index is 1.61. The summed E-state index contributed by atoms with van der Waals surface area (Å²) in [5.41, 5.74) is 1.58. The Labute approximate surface area is 163 Å². The summed E-state index contributed by atoms with van der Waals surface area (Å²) in [6.07, 6.45) is 4.24. The third-order valence-corrected chi connectivity index (χ3v) is 7.15. The number of hydrogen-bond donors (Lipinski definition) is 2. The number of nitrogens with one attached hydrogen (secondary N) is 1. The van der Waals surface area contributed by atoms with Crippen LogP contribution in [0.25, 0.3) is 0 Å². The molecule has 2 N–H and O–H groups in total. The van der Waals surface area contributed by atoms with Crippen molar-refractivity contribution in [1.82, 2.24) is 19.1 Å². The minimum Gasteiger partial charge on any atom is -0.474 e. The van der Waals surface area contributed by atoms with Crippen molar-refractivity contribution in [3.05, 3.63) is 23.4 Å². The van der Waals surface area contributed by atoms with E-state index in [0.29, 0.717) is 49.7 Å². The van der Waals surface area contributed by atoms with Gasteiger partial charge in [-0.15, -0.1) is 0 Å². The van der Waals surface area contributed by atoms with Crippen LogP contribution in [-0.2, 0) is 15.0 Å². The van der Waals surface area contributed by atoms with Crippen LogP contribution in [0.15, 0.2) is 18.3 Å². The van der Waals surface area contributed by atoms with Gasteiger partial charge < -0.3 is 4.74 Å². The highest BCUT2D eigenvalue weighted by Gasteiger charge is 2.41. The summed E-state index contributed by atoms with van der Waals surface area (Å²) in [4.78, 5) is 16.0. The molecule has 0 aliphatic carbocycles. The number of piperidine rings is 2. The summed E-state index contributed by atoms with van der Waals surface area (Å²) in [5, 5.41) is 9.43. The fourth-order valence-corrected chi connectivity index (χ4v) is 5.41. The number of rotatable bonds is 5. The number of nitrogens with zero attached hydrogens (tertiary/aromatic N) is 3. The van der Waals surface area contributed by atoms with Crippen LogP contribution < -0.4 is 10.2 Å². The van der Waals surface area contributed by atoms with Crippen molar-refractivity contribution in [1.29, 1.82) is 0 Å². The lowest BCUT2D eigenvalue weighted by Gasteiger charge is -2.39. The number of amides is 1. The van der Waals surface area contributed by atoms with E-state index < -0.39 is 22.2 Å². The minimum atomic E-state index is -3.79. The molecule has 2 aliphatic heterocycles. The second-order valence-electron chi connectivity index (χ2n) is 6.64. The molecule has 0 saturated carbocycles. The Kier molecular flexibility index (Phi) is 6.53. The van der Waals surface area contributed by atoms with Crippen LogP contribution in [0.4, 0.5) is 0 Å². The second-order valence-corrected chi connectivity index (χ2v) is 8.95. The molecule has 2 saturated heterocycles. The summed E-state index contributed by atoms with van der Waals surface area (Å²) in [5.74, 6) is -0.235. The number of hydrogen-bond acceptors (Lipinski definition) is 6. The number of ether oxygens (including phenoxy) is 1. The van der Waals surface area contributed by atoms with Gasteiger partial charge in [-0.1, -0.05) is 18.0 Å². The van der Waals surface area contributed by atoms with Crippen LogP contribution in [0.5, 0.6) is 5.88 Å². The van der Waals surface area contributed by atoms with Crippen molar-refractivity contribution in [2.45, 2.75) is 44.2 Å². The highest BCUT2D eigenvalue weighted by Crippen LogP contribution is 2.26. The standard InChI is InChI=1S/C16H23ClN4O5S/c17-12-4-5-15(18-11-12)26-13-6-9-20(10-7-13)27(24,25)21-8-2-1-3-14(21)16(22)19-23/h4-5,11,13-14,23H,1-3,6-10H2,(H,19,22). The Morgan fingerprint density at radius 2 is 1.96 bits per heavy atom. The molecule has 1 atom stereocenters. The van der Waals surface area contributed by atoms with Gasteiger partial charge in [-0.2, -0.15) is 17.0 Å². The lowest BCUT2D eigenvalue weighted by atomic mass is 10.0. The first-order valence-electron chi connectivity index (χ1n) is 8.91. The number of pyridine rings is 1. The van der Waals surface area contributed by atoms with E-state index in [-0.39, 0.29) is 12.6 Å². The zero-order chi connectivity index (χ0) is 19.4. The molecule has 0 aromatic carbocycles. The molecular weight excluding hydrogens is 396 g/mol.